The molecule has 0 radical (unpaired) electrons. The molecule has 0 aliphatic carbocycles. The molecule has 1 aromatic carbocycles. The van der Waals surface area contributed by atoms with E-state index in [9.17, 15) is 4.79 Å². The average Bonchev–Trinajstić information content (AvgIpc) is 2.61. The van der Waals surface area contributed by atoms with Gasteiger partial charge in [-0.2, -0.15) is 0 Å². The maximum atomic E-state index is 11.5. The van der Waals surface area contributed by atoms with Gasteiger partial charge in [0, 0.05) is 23.4 Å². The molecule has 106 valence electrons. The number of nitrogens with one attached hydrogen (secondary N) is 2. The van der Waals surface area contributed by atoms with Gasteiger partial charge < -0.3 is 10.3 Å². The van der Waals surface area contributed by atoms with Crippen molar-refractivity contribution in [2.75, 3.05) is 5.32 Å². The molecule has 1 aliphatic heterocycles. The smallest absolute Gasteiger partial charge is 0.249 e. The Balaban J connectivity index is 0.00000147. The van der Waals surface area contributed by atoms with Crippen LogP contribution in [0.5, 0.6) is 0 Å². The van der Waals surface area contributed by atoms with Crippen LogP contribution in [0.2, 0.25) is 0 Å². The fraction of sp³-hybridized carbons (Fsp3) is 0.312. The number of fused-ring (bicyclic) bond motifs is 1. The van der Waals surface area contributed by atoms with Gasteiger partial charge in [-0.25, -0.2) is 0 Å². The van der Waals surface area contributed by atoms with Crippen LogP contribution in [0, 0.1) is 6.92 Å². The van der Waals surface area contributed by atoms with Gasteiger partial charge in [-0.1, -0.05) is 38.1 Å². The van der Waals surface area contributed by atoms with Crippen LogP contribution in [0.4, 0.5) is 5.69 Å². The molecule has 20 heavy (non-hydrogen) atoms. The summed E-state index contributed by atoms with van der Waals surface area (Å²) in [6.45, 7) is 6.55. The summed E-state index contributed by atoms with van der Waals surface area (Å²) in [7, 11) is 0. The number of hydrogen-bond donors (Lipinski definition) is 2. The number of aromatic nitrogens is 1. The molecule has 2 aromatic rings. The highest BCUT2D eigenvalue weighted by atomic mass is 35.5. The van der Waals surface area contributed by atoms with Crippen molar-refractivity contribution < 1.29 is 0 Å². The van der Waals surface area contributed by atoms with Gasteiger partial charge in [0.05, 0.1) is 6.04 Å². The Kier molecular flexibility index (Phi) is 3.65. The molecule has 2 heterocycles. The highest BCUT2D eigenvalue weighted by Crippen LogP contribution is 2.47. The second-order valence-electron chi connectivity index (χ2n) is 5.78. The van der Waals surface area contributed by atoms with E-state index >= 15 is 0 Å². The number of aromatic amines is 1. The fourth-order valence-electron chi connectivity index (χ4n) is 2.99. The minimum Gasteiger partial charge on any atom is -0.377 e. The predicted molar refractivity (Wildman–Crippen MR) is 84.9 cm³/mol. The van der Waals surface area contributed by atoms with Gasteiger partial charge in [-0.3, -0.25) is 4.79 Å². The molecule has 0 saturated heterocycles. The maximum absolute atomic E-state index is 11.5. The summed E-state index contributed by atoms with van der Waals surface area (Å²) in [5.74, 6) is 0. The summed E-state index contributed by atoms with van der Waals surface area (Å²) in [6.07, 6.45) is 1.84. The number of pyridine rings is 1. The van der Waals surface area contributed by atoms with Gasteiger partial charge >= 0.3 is 0 Å². The molecule has 3 nitrogen and oxygen atoms in total. The van der Waals surface area contributed by atoms with Gasteiger partial charge in [0.1, 0.15) is 0 Å². The average molecular weight is 291 g/mol. The molecule has 0 saturated carbocycles. The molecule has 4 heteroatoms. The van der Waals surface area contributed by atoms with Crippen molar-refractivity contribution in [3.8, 4) is 0 Å². The summed E-state index contributed by atoms with van der Waals surface area (Å²) in [5.41, 5.74) is 4.56. The summed E-state index contributed by atoms with van der Waals surface area (Å²) < 4.78 is 0. The van der Waals surface area contributed by atoms with Gasteiger partial charge in [-0.15, -0.1) is 12.4 Å². The van der Waals surface area contributed by atoms with Crippen LogP contribution in [0.3, 0.4) is 0 Å². The van der Waals surface area contributed by atoms with Crippen molar-refractivity contribution in [3.05, 3.63) is 63.6 Å². The standard InChI is InChI=1S/C16H18N2O.ClH/c1-10-6-4-5-7-11(10)15-16(2,3)12-9-17-14(19)8-13(12)18-15;/h4-9,15,18H,1-3H3,(H,17,19);1H. The van der Waals surface area contributed by atoms with Crippen LogP contribution in [0.15, 0.2) is 41.3 Å². The first kappa shape index (κ1) is 14.7. The molecule has 0 fully saturated rings. The van der Waals surface area contributed by atoms with E-state index < -0.39 is 0 Å². The van der Waals surface area contributed by atoms with Crippen LogP contribution in [-0.4, -0.2) is 4.98 Å². The Morgan fingerprint density at radius 2 is 1.90 bits per heavy atom. The minimum atomic E-state index is -0.0625. The summed E-state index contributed by atoms with van der Waals surface area (Å²) >= 11 is 0. The van der Waals surface area contributed by atoms with Crippen molar-refractivity contribution >= 4 is 18.1 Å². The molecule has 0 amide bonds. The third kappa shape index (κ3) is 2.12. The minimum absolute atomic E-state index is 0. The van der Waals surface area contributed by atoms with Crippen LogP contribution in [-0.2, 0) is 5.41 Å². The molecular weight excluding hydrogens is 272 g/mol. The molecular formula is C16H19ClN2O. The van der Waals surface area contributed by atoms with Crippen LogP contribution in [0.1, 0.15) is 36.6 Å². The topological polar surface area (TPSA) is 44.9 Å². The summed E-state index contributed by atoms with van der Waals surface area (Å²) in [4.78, 5) is 14.2. The van der Waals surface area contributed by atoms with E-state index in [4.69, 9.17) is 0 Å². The zero-order chi connectivity index (χ0) is 13.6. The first-order chi connectivity index (χ1) is 9.00. The van der Waals surface area contributed by atoms with Gasteiger partial charge in [0.2, 0.25) is 5.56 Å². The molecule has 0 bridgehead atoms. The van der Waals surface area contributed by atoms with Crippen LogP contribution < -0.4 is 10.9 Å². The Morgan fingerprint density at radius 1 is 1.20 bits per heavy atom. The van der Waals surface area contributed by atoms with Crippen molar-refractivity contribution in [3.63, 3.8) is 0 Å². The zero-order valence-electron chi connectivity index (χ0n) is 11.9. The first-order valence-electron chi connectivity index (χ1n) is 6.55. The lowest BCUT2D eigenvalue weighted by atomic mass is 9.77. The van der Waals surface area contributed by atoms with Gasteiger partial charge in [0.25, 0.3) is 0 Å². The van der Waals surface area contributed by atoms with Crippen LogP contribution >= 0.6 is 12.4 Å². The zero-order valence-corrected chi connectivity index (χ0v) is 12.7. The Bertz CT molecular complexity index is 691. The van der Waals surface area contributed by atoms with E-state index in [-0.39, 0.29) is 29.4 Å². The molecule has 2 N–H and O–H groups in total. The third-order valence-electron chi connectivity index (χ3n) is 4.14. The summed E-state index contributed by atoms with van der Waals surface area (Å²) in [5, 5.41) is 3.50. The maximum Gasteiger partial charge on any atom is 0.249 e. The van der Waals surface area contributed by atoms with Gasteiger partial charge in [-0.05, 0) is 23.6 Å². The number of halogens is 1. The van der Waals surface area contributed by atoms with E-state index in [1.165, 1.54) is 16.7 Å². The van der Waals surface area contributed by atoms with E-state index in [1.807, 2.05) is 6.20 Å². The second kappa shape index (κ2) is 4.98. The molecule has 0 spiro atoms. The van der Waals surface area contributed by atoms with Crippen molar-refractivity contribution in [1.82, 2.24) is 4.98 Å². The molecule has 1 aliphatic rings. The SMILES string of the molecule is Cc1ccccc1C1Nc2cc(=O)[nH]cc2C1(C)C.Cl. The van der Waals surface area contributed by atoms with E-state index in [0.29, 0.717) is 0 Å². The lowest BCUT2D eigenvalue weighted by Crippen LogP contribution is -2.26. The second-order valence-corrected chi connectivity index (χ2v) is 5.78. The lowest BCUT2D eigenvalue weighted by Gasteiger charge is -2.29. The lowest BCUT2D eigenvalue weighted by molar-refractivity contribution is 0.471. The van der Waals surface area contributed by atoms with Crippen molar-refractivity contribution in [2.24, 2.45) is 0 Å². The Hall–Kier alpha value is -1.74. The molecule has 3 rings (SSSR count). The molecule has 1 unspecified atom stereocenters. The number of H-pyrrole nitrogens is 1. The number of rotatable bonds is 1. The molecule has 1 atom stereocenters. The number of aryl methyl sites for hydroxylation is 1. The normalized spacial score (nSPS) is 18.9. The predicted octanol–water partition coefficient (Wildman–Crippen LogP) is 3.55. The van der Waals surface area contributed by atoms with Crippen molar-refractivity contribution in [2.45, 2.75) is 32.2 Å². The van der Waals surface area contributed by atoms with Crippen LogP contribution in [0.25, 0.3) is 0 Å². The fourth-order valence-corrected chi connectivity index (χ4v) is 2.99. The highest BCUT2D eigenvalue weighted by Gasteiger charge is 2.40. The number of hydrogen-bond acceptors (Lipinski definition) is 2. The largest absolute Gasteiger partial charge is 0.377 e. The third-order valence-corrected chi connectivity index (χ3v) is 4.14. The number of benzene rings is 1. The first-order valence-corrected chi connectivity index (χ1v) is 6.55. The quantitative estimate of drug-likeness (QED) is 0.843. The Labute approximate surface area is 124 Å². The Morgan fingerprint density at radius 3 is 2.60 bits per heavy atom. The number of anilines is 1. The van der Waals surface area contributed by atoms with Crippen molar-refractivity contribution in [1.29, 1.82) is 0 Å². The molecule has 1 aromatic heterocycles. The monoisotopic (exact) mass is 290 g/mol. The summed E-state index contributed by atoms with van der Waals surface area (Å²) in [6, 6.07) is 10.2. The van der Waals surface area contributed by atoms with E-state index in [2.05, 4.69) is 55.3 Å². The highest BCUT2D eigenvalue weighted by molar-refractivity contribution is 5.85. The van der Waals surface area contributed by atoms with E-state index in [1.54, 1.807) is 6.07 Å². The van der Waals surface area contributed by atoms with E-state index in [0.717, 1.165) is 5.69 Å². The van der Waals surface area contributed by atoms with Gasteiger partial charge in [0.15, 0.2) is 0 Å².